The number of hydrogen-bond acceptors (Lipinski definition) is 1. The van der Waals surface area contributed by atoms with Crippen molar-refractivity contribution in [3.63, 3.8) is 0 Å². The van der Waals surface area contributed by atoms with Crippen LogP contribution in [0.25, 0.3) is 0 Å². The van der Waals surface area contributed by atoms with Crippen LogP contribution in [-0.2, 0) is 0 Å². The van der Waals surface area contributed by atoms with E-state index < -0.39 is 0 Å². The zero-order chi connectivity index (χ0) is 18.1. The van der Waals surface area contributed by atoms with Gasteiger partial charge in [-0.05, 0) is 32.9 Å². The Labute approximate surface area is 144 Å². The van der Waals surface area contributed by atoms with Gasteiger partial charge in [0.05, 0.1) is 0 Å². The van der Waals surface area contributed by atoms with E-state index in [9.17, 15) is 0 Å². The van der Waals surface area contributed by atoms with Gasteiger partial charge in [0.2, 0.25) is 0 Å². The third kappa shape index (κ3) is 7.59. The van der Waals surface area contributed by atoms with Crippen LogP contribution >= 0.6 is 15.8 Å². The minimum atomic E-state index is -0.0991. The highest BCUT2D eigenvalue weighted by Gasteiger charge is 2.38. The first kappa shape index (κ1) is 22.8. The molecule has 0 unspecified atom stereocenters. The second-order valence-electron chi connectivity index (χ2n) is 10.7. The molecule has 0 radical (unpaired) electrons. The fraction of sp³-hybridized carbons (Fsp3) is 1.00. The summed E-state index contributed by atoms with van der Waals surface area (Å²) in [5.41, 5.74) is 6.69. The molecule has 2 N–H and O–H groups in total. The minimum absolute atomic E-state index is 0.0991. The highest BCUT2D eigenvalue weighted by Crippen LogP contribution is 2.62. The molecule has 0 fully saturated rings. The average molecular weight is 348 g/mol. The highest BCUT2D eigenvalue weighted by atomic mass is 31.1. The van der Waals surface area contributed by atoms with Crippen molar-refractivity contribution in [3.8, 4) is 0 Å². The van der Waals surface area contributed by atoms with Gasteiger partial charge in [-0.3, -0.25) is 0 Å². The topological polar surface area (TPSA) is 26.0 Å². The average Bonchev–Trinajstić information content (AvgIpc) is 2.15. The first-order valence-electron chi connectivity index (χ1n) is 8.68. The van der Waals surface area contributed by atoms with Gasteiger partial charge in [-0.2, -0.15) is 0 Å². The van der Waals surface area contributed by atoms with E-state index in [4.69, 9.17) is 5.73 Å². The molecule has 0 saturated carbocycles. The fourth-order valence-electron chi connectivity index (χ4n) is 3.63. The first-order valence-corrected chi connectivity index (χ1v) is 11.7. The lowest BCUT2D eigenvalue weighted by atomic mass is 10.2. The van der Waals surface area contributed by atoms with Crippen LogP contribution in [0.5, 0.6) is 0 Å². The van der Waals surface area contributed by atoms with Gasteiger partial charge in [-0.1, -0.05) is 98.9 Å². The van der Waals surface area contributed by atoms with Gasteiger partial charge in [0.15, 0.2) is 0 Å². The fourth-order valence-corrected chi connectivity index (χ4v) is 11.3. The Kier molecular flexibility index (Phi) is 7.65. The first-order chi connectivity index (χ1) is 9.37. The lowest BCUT2D eigenvalue weighted by Gasteiger charge is -2.46. The maximum atomic E-state index is 6.69. The zero-order valence-electron chi connectivity index (χ0n) is 17.5. The molecule has 0 heterocycles. The lowest BCUT2D eigenvalue weighted by Crippen LogP contribution is -2.39. The Bertz CT molecular complexity index is 274. The molecular weight excluding hydrogens is 304 g/mol. The molecule has 0 amide bonds. The van der Waals surface area contributed by atoms with Gasteiger partial charge >= 0.3 is 0 Å². The molecule has 134 valence electrons. The Morgan fingerprint density at radius 2 is 0.727 bits per heavy atom. The van der Waals surface area contributed by atoms with E-state index in [2.05, 4.69) is 83.1 Å². The van der Waals surface area contributed by atoms with Crippen LogP contribution in [-0.4, -0.2) is 39.0 Å². The van der Waals surface area contributed by atoms with Crippen molar-refractivity contribution in [2.45, 2.75) is 110 Å². The molecule has 0 aromatic heterocycles. The van der Waals surface area contributed by atoms with Crippen molar-refractivity contribution in [1.29, 1.82) is 0 Å². The SMILES string of the molecule is CC(C)(C)P(CC(N)CP(C(C)(C)C)C(C)(C)C)C(C)(C)C. The second kappa shape index (κ2) is 7.37. The molecule has 0 aromatic carbocycles. The summed E-state index contributed by atoms with van der Waals surface area (Å²) in [6.45, 7) is 28.8. The van der Waals surface area contributed by atoms with Gasteiger partial charge in [0, 0.05) is 6.04 Å². The molecule has 0 atom stereocenters. The van der Waals surface area contributed by atoms with Gasteiger partial charge in [0.25, 0.3) is 0 Å². The van der Waals surface area contributed by atoms with Gasteiger partial charge < -0.3 is 5.73 Å². The Morgan fingerprint density at radius 3 is 0.864 bits per heavy atom. The minimum Gasteiger partial charge on any atom is -0.327 e. The van der Waals surface area contributed by atoms with E-state index in [1.807, 2.05) is 0 Å². The Hall–Kier alpha value is 0.820. The van der Waals surface area contributed by atoms with Crippen LogP contribution in [0.4, 0.5) is 0 Å². The van der Waals surface area contributed by atoms with Crippen LogP contribution in [0.2, 0.25) is 0 Å². The molecule has 0 aromatic rings. The Morgan fingerprint density at radius 1 is 0.545 bits per heavy atom. The molecule has 0 bridgehead atoms. The van der Waals surface area contributed by atoms with Crippen molar-refractivity contribution in [2.24, 2.45) is 5.73 Å². The standard InChI is InChI=1S/C19H43NP2/c1-16(2,3)21(17(4,5)6)13-15(20)14-22(18(7,8)9)19(10,11)12/h15H,13-14,20H2,1-12H3. The maximum absolute atomic E-state index is 6.69. The van der Waals surface area contributed by atoms with Crippen LogP contribution in [0, 0.1) is 0 Å². The third-order valence-corrected chi connectivity index (χ3v) is 12.2. The highest BCUT2D eigenvalue weighted by molar-refractivity contribution is 7.62. The van der Waals surface area contributed by atoms with Crippen molar-refractivity contribution >= 4 is 15.8 Å². The van der Waals surface area contributed by atoms with Crippen molar-refractivity contribution in [2.75, 3.05) is 12.3 Å². The third-order valence-electron chi connectivity index (χ3n) is 4.07. The monoisotopic (exact) mass is 347 g/mol. The maximum Gasteiger partial charge on any atom is 0.0118 e. The molecule has 0 aliphatic carbocycles. The number of hydrogen-bond donors (Lipinski definition) is 1. The molecule has 22 heavy (non-hydrogen) atoms. The molecular formula is C19H43NP2. The lowest BCUT2D eigenvalue weighted by molar-refractivity contribution is 0.675. The zero-order valence-corrected chi connectivity index (χ0v) is 19.3. The summed E-state index contributed by atoms with van der Waals surface area (Å²) >= 11 is 0. The van der Waals surface area contributed by atoms with Crippen LogP contribution in [0.15, 0.2) is 0 Å². The largest absolute Gasteiger partial charge is 0.327 e. The van der Waals surface area contributed by atoms with Crippen LogP contribution < -0.4 is 5.73 Å². The molecule has 0 spiro atoms. The smallest absolute Gasteiger partial charge is 0.0118 e. The second-order valence-corrected chi connectivity index (χ2v) is 18.5. The summed E-state index contributed by atoms with van der Waals surface area (Å²) in [4.78, 5) is 0. The summed E-state index contributed by atoms with van der Waals surface area (Å²) in [6.07, 6.45) is 2.40. The van der Waals surface area contributed by atoms with Crippen LogP contribution in [0.3, 0.4) is 0 Å². The summed E-state index contributed by atoms with van der Waals surface area (Å²) in [5, 5.41) is 1.49. The van der Waals surface area contributed by atoms with E-state index in [1.54, 1.807) is 0 Å². The summed E-state index contributed by atoms with van der Waals surface area (Å²) in [6, 6.07) is 0.342. The molecule has 0 aliphatic heterocycles. The Balaban J connectivity index is 5.15. The number of nitrogens with two attached hydrogens (primary N) is 1. The molecule has 1 nitrogen and oxygen atoms in total. The summed E-state index contributed by atoms with van der Waals surface area (Å²) in [5.74, 6) is 0. The van der Waals surface area contributed by atoms with E-state index >= 15 is 0 Å². The van der Waals surface area contributed by atoms with Gasteiger partial charge in [-0.25, -0.2) is 0 Å². The molecule has 0 aliphatic rings. The van der Waals surface area contributed by atoms with Gasteiger partial charge in [0.1, 0.15) is 0 Å². The number of rotatable bonds is 4. The predicted molar refractivity (Wildman–Crippen MR) is 111 cm³/mol. The van der Waals surface area contributed by atoms with Gasteiger partial charge in [-0.15, -0.1) is 0 Å². The molecule has 3 heteroatoms. The van der Waals surface area contributed by atoms with Crippen molar-refractivity contribution < 1.29 is 0 Å². The van der Waals surface area contributed by atoms with E-state index in [0.717, 1.165) is 0 Å². The summed E-state index contributed by atoms with van der Waals surface area (Å²) < 4.78 is 0. The quantitative estimate of drug-likeness (QED) is 0.579. The van der Waals surface area contributed by atoms with Crippen molar-refractivity contribution in [3.05, 3.63) is 0 Å². The summed E-state index contributed by atoms with van der Waals surface area (Å²) in [7, 11) is -0.198. The molecule has 0 rings (SSSR count). The van der Waals surface area contributed by atoms with E-state index in [0.29, 0.717) is 26.7 Å². The van der Waals surface area contributed by atoms with E-state index in [-0.39, 0.29) is 15.8 Å². The normalized spacial score (nSPS) is 15.3. The van der Waals surface area contributed by atoms with Crippen LogP contribution in [0.1, 0.15) is 83.1 Å². The van der Waals surface area contributed by atoms with E-state index in [1.165, 1.54) is 12.3 Å². The molecule has 0 saturated heterocycles. The van der Waals surface area contributed by atoms with Crippen molar-refractivity contribution in [1.82, 2.24) is 0 Å². The predicted octanol–water partition coefficient (Wildman–Crippen LogP) is 6.47.